The van der Waals surface area contributed by atoms with Gasteiger partial charge in [0, 0.05) is 6.08 Å². The van der Waals surface area contributed by atoms with E-state index in [1.165, 1.54) is 0 Å². The second-order valence-electron chi connectivity index (χ2n) is 5.88. The number of ether oxygens (including phenoxy) is 3. The second kappa shape index (κ2) is 11.5. The molecule has 142 valence electrons. The molecule has 2 aromatic carbocycles. The molecule has 0 aromatic heterocycles. The zero-order valence-corrected chi connectivity index (χ0v) is 15.3. The summed E-state index contributed by atoms with van der Waals surface area (Å²) in [6.45, 7) is 4.01. The maximum atomic E-state index is 11.7. The SMILES string of the molecule is C=CC(=O)OCCCCCCOC(=O)Oc1ccc(-c2ccccc2)cc1. The van der Waals surface area contributed by atoms with Crippen molar-refractivity contribution < 1.29 is 23.8 Å². The molecule has 0 saturated carbocycles. The van der Waals surface area contributed by atoms with Crippen molar-refractivity contribution in [3.63, 3.8) is 0 Å². The number of carbonyl (C=O) groups excluding carboxylic acids is 2. The van der Waals surface area contributed by atoms with Gasteiger partial charge >= 0.3 is 12.1 Å². The molecular weight excluding hydrogens is 344 g/mol. The van der Waals surface area contributed by atoms with Crippen molar-refractivity contribution in [2.75, 3.05) is 13.2 Å². The van der Waals surface area contributed by atoms with Crippen LogP contribution in [0.1, 0.15) is 25.7 Å². The molecule has 0 saturated heterocycles. The van der Waals surface area contributed by atoms with E-state index in [0.29, 0.717) is 19.0 Å². The number of unbranched alkanes of at least 4 members (excludes halogenated alkanes) is 3. The van der Waals surface area contributed by atoms with Gasteiger partial charge in [0.1, 0.15) is 5.75 Å². The maximum Gasteiger partial charge on any atom is 0.513 e. The second-order valence-corrected chi connectivity index (χ2v) is 5.88. The third kappa shape index (κ3) is 7.77. The lowest BCUT2D eigenvalue weighted by molar-refractivity contribution is -0.137. The molecule has 5 nitrogen and oxygen atoms in total. The molecule has 0 unspecified atom stereocenters. The Morgan fingerprint density at radius 2 is 1.37 bits per heavy atom. The summed E-state index contributed by atoms with van der Waals surface area (Å²) in [6, 6.07) is 17.3. The minimum absolute atomic E-state index is 0.299. The van der Waals surface area contributed by atoms with Crippen LogP contribution in [0.15, 0.2) is 67.3 Å². The zero-order valence-electron chi connectivity index (χ0n) is 15.3. The van der Waals surface area contributed by atoms with Crippen molar-refractivity contribution in [3.05, 3.63) is 67.3 Å². The van der Waals surface area contributed by atoms with Crippen LogP contribution in [0.5, 0.6) is 5.75 Å². The largest absolute Gasteiger partial charge is 0.513 e. The van der Waals surface area contributed by atoms with Crippen molar-refractivity contribution in [2.45, 2.75) is 25.7 Å². The summed E-state index contributed by atoms with van der Waals surface area (Å²) in [6.07, 6.45) is 3.72. The van der Waals surface area contributed by atoms with Gasteiger partial charge in [-0.1, -0.05) is 49.0 Å². The van der Waals surface area contributed by atoms with E-state index in [2.05, 4.69) is 6.58 Å². The molecule has 0 fully saturated rings. The summed E-state index contributed by atoms with van der Waals surface area (Å²) in [7, 11) is 0. The van der Waals surface area contributed by atoms with Crippen LogP contribution in [0.2, 0.25) is 0 Å². The van der Waals surface area contributed by atoms with Gasteiger partial charge in [-0.3, -0.25) is 0 Å². The fraction of sp³-hybridized carbons (Fsp3) is 0.273. The van der Waals surface area contributed by atoms with E-state index in [9.17, 15) is 9.59 Å². The highest BCUT2D eigenvalue weighted by atomic mass is 16.7. The molecular formula is C22H24O5. The fourth-order valence-corrected chi connectivity index (χ4v) is 2.42. The minimum Gasteiger partial charge on any atom is -0.463 e. The van der Waals surface area contributed by atoms with Crippen molar-refractivity contribution in [1.29, 1.82) is 0 Å². The van der Waals surface area contributed by atoms with Crippen LogP contribution in [0.3, 0.4) is 0 Å². The Morgan fingerprint density at radius 1 is 0.778 bits per heavy atom. The topological polar surface area (TPSA) is 61.8 Å². The average Bonchev–Trinajstić information content (AvgIpc) is 2.71. The van der Waals surface area contributed by atoms with Crippen LogP contribution in [-0.2, 0) is 14.3 Å². The summed E-state index contributed by atoms with van der Waals surface area (Å²) < 4.78 is 15.1. The fourth-order valence-electron chi connectivity index (χ4n) is 2.42. The third-order valence-electron chi connectivity index (χ3n) is 3.83. The number of rotatable bonds is 10. The Bertz CT molecular complexity index is 722. The predicted molar refractivity (Wildman–Crippen MR) is 103 cm³/mol. The number of benzene rings is 2. The highest BCUT2D eigenvalue weighted by Crippen LogP contribution is 2.22. The van der Waals surface area contributed by atoms with Gasteiger partial charge in [0.05, 0.1) is 13.2 Å². The van der Waals surface area contributed by atoms with Crippen LogP contribution in [0.4, 0.5) is 4.79 Å². The normalized spacial score (nSPS) is 10.1. The Morgan fingerprint density at radius 3 is 2.00 bits per heavy atom. The Kier molecular flexibility index (Phi) is 8.63. The number of carbonyl (C=O) groups is 2. The maximum absolute atomic E-state index is 11.7. The Balaban J connectivity index is 1.59. The van der Waals surface area contributed by atoms with Gasteiger partial charge < -0.3 is 14.2 Å². The minimum atomic E-state index is -0.706. The van der Waals surface area contributed by atoms with Gasteiger partial charge in [-0.25, -0.2) is 9.59 Å². The third-order valence-corrected chi connectivity index (χ3v) is 3.83. The molecule has 0 amide bonds. The highest BCUT2D eigenvalue weighted by Gasteiger charge is 2.06. The van der Waals surface area contributed by atoms with Gasteiger partial charge in [0.2, 0.25) is 0 Å². The van der Waals surface area contributed by atoms with E-state index in [0.717, 1.165) is 42.9 Å². The van der Waals surface area contributed by atoms with Gasteiger partial charge in [0.25, 0.3) is 0 Å². The van der Waals surface area contributed by atoms with E-state index >= 15 is 0 Å². The summed E-state index contributed by atoms with van der Waals surface area (Å²) >= 11 is 0. The van der Waals surface area contributed by atoms with Crippen molar-refractivity contribution in [1.82, 2.24) is 0 Å². The number of hydrogen-bond donors (Lipinski definition) is 0. The van der Waals surface area contributed by atoms with Gasteiger partial charge in [-0.2, -0.15) is 0 Å². The quantitative estimate of drug-likeness (QED) is 0.251. The molecule has 0 atom stereocenters. The van der Waals surface area contributed by atoms with Crippen LogP contribution < -0.4 is 4.74 Å². The molecule has 0 N–H and O–H groups in total. The first kappa shape index (κ1) is 20.2. The van der Waals surface area contributed by atoms with E-state index in [4.69, 9.17) is 14.2 Å². The van der Waals surface area contributed by atoms with Crippen molar-refractivity contribution in [3.8, 4) is 16.9 Å². The first-order valence-corrected chi connectivity index (χ1v) is 8.98. The number of esters is 1. The monoisotopic (exact) mass is 368 g/mol. The molecule has 0 aliphatic heterocycles. The van der Waals surface area contributed by atoms with Crippen molar-refractivity contribution >= 4 is 12.1 Å². The number of hydrogen-bond acceptors (Lipinski definition) is 5. The molecule has 0 aliphatic carbocycles. The van der Waals surface area contributed by atoms with Crippen LogP contribution in [0, 0.1) is 0 Å². The van der Waals surface area contributed by atoms with Gasteiger partial charge in [0.15, 0.2) is 0 Å². The molecule has 0 radical (unpaired) electrons. The van der Waals surface area contributed by atoms with Gasteiger partial charge in [-0.15, -0.1) is 0 Å². The molecule has 2 aromatic rings. The lowest BCUT2D eigenvalue weighted by Gasteiger charge is -2.07. The smallest absolute Gasteiger partial charge is 0.463 e. The molecule has 0 spiro atoms. The molecule has 0 bridgehead atoms. The standard InChI is InChI=1S/C22H24O5/c1-2-21(23)25-16-8-3-4-9-17-26-22(24)27-20-14-12-19(13-15-20)18-10-6-5-7-11-18/h2,5-7,10-15H,1,3-4,8-9,16-17H2. The van der Waals surface area contributed by atoms with Crippen molar-refractivity contribution in [2.24, 2.45) is 0 Å². The lowest BCUT2D eigenvalue weighted by Crippen LogP contribution is -2.11. The summed E-state index contributed by atoms with van der Waals surface area (Å²) in [5.74, 6) is 0.0431. The van der Waals surface area contributed by atoms with Crippen LogP contribution >= 0.6 is 0 Å². The molecule has 2 rings (SSSR count). The first-order chi connectivity index (χ1) is 13.2. The van der Waals surface area contributed by atoms with E-state index in [1.807, 2.05) is 42.5 Å². The Labute approximate surface area is 159 Å². The lowest BCUT2D eigenvalue weighted by atomic mass is 10.1. The van der Waals surface area contributed by atoms with E-state index in [-0.39, 0.29) is 0 Å². The summed E-state index contributed by atoms with van der Waals surface area (Å²) in [5, 5.41) is 0. The van der Waals surface area contributed by atoms with Gasteiger partial charge in [-0.05, 0) is 48.9 Å². The Hall–Kier alpha value is -3.08. The zero-order chi connectivity index (χ0) is 19.3. The van der Waals surface area contributed by atoms with E-state index in [1.54, 1.807) is 12.1 Å². The van der Waals surface area contributed by atoms with Crippen LogP contribution in [0.25, 0.3) is 11.1 Å². The first-order valence-electron chi connectivity index (χ1n) is 8.98. The molecule has 0 heterocycles. The average molecular weight is 368 g/mol. The van der Waals surface area contributed by atoms with Crippen LogP contribution in [-0.4, -0.2) is 25.3 Å². The molecule has 27 heavy (non-hydrogen) atoms. The molecule has 0 aliphatic rings. The molecule has 5 heteroatoms. The van der Waals surface area contributed by atoms with E-state index < -0.39 is 12.1 Å². The summed E-state index contributed by atoms with van der Waals surface area (Å²) in [4.78, 5) is 22.6. The highest BCUT2D eigenvalue weighted by molar-refractivity contribution is 5.81. The predicted octanol–water partition coefficient (Wildman–Crippen LogP) is 5.16. The summed E-state index contributed by atoms with van der Waals surface area (Å²) in [5.41, 5.74) is 2.15.